The number of amides is 1. The predicted molar refractivity (Wildman–Crippen MR) is 89.9 cm³/mol. The quantitative estimate of drug-likeness (QED) is 0.631. The summed E-state index contributed by atoms with van der Waals surface area (Å²) in [6, 6.07) is 3.96. The van der Waals surface area contributed by atoms with Crippen molar-refractivity contribution in [2.45, 2.75) is 38.1 Å². The van der Waals surface area contributed by atoms with E-state index in [2.05, 4.69) is 0 Å². The van der Waals surface area contributed by atoms with Crippen molar-refractivity contribution in [2.75, 3.05) is 7.05 Å². The van der Waals surface area contributed by atoms with E-state index in [-0.39, 0.29) is 11.9 Å². The van der Waals surface area contributed by atoms with Crippen LogP contribution in [-0.4, -0.2) is 33.9 Å². The highest BCUT2D eigenvalue weighted by Crippen LogP contribution is 2.29. The van der Waals surface area contributed by atoms with Gasteiger partial charge in [0.25, 0.3) is 5.91 Å². The van der Waals surface area contributed by atoms with Crippen LogP contribution in [0.2, 0.25) is 0 Å². The molecule has 2 aliphatic rings. The second-order valence-electron chi connectivity index (χ2n) is 5.74. The minimum atomic E-state index is 0.0171. The summed E-state index contributed by atoms with van der Waals surface area (Å²) in [5.74, 6) is 0.778. The summed E-state index contributed by atoms with van der Waals surface area (Å²) < 4.78 is 5.24. The summed E-state index contributed by atoms with van der Waals surface area (Å²) in [6.07, 6.45) is 12.8. The summed E-state index contributed by atoms with van der Waals surface area (Å²) in [5.41, 5.74) is 0.623. The Hall–Kier alpha value is -1.88. The molecule has 1 saturated heterocycles. The molecule has 0 aromatic carbocycles. The molecule has 2 heterocycles. The van der Waals surface area contributed by atoms with Gasteiger partial charge in [-0.3, -0.25) is 9.69 Å². The number of thiocarbonyl (C=S) groups is 1. The van der Waals surface area contributed by atoms with Gasteiger partial charge in [0, 0.05) is 13.1 Å². The van der Waals surface area contributed by atoms with Crippen molar-refractivity contribution in [1.82, 2.24) is 9.80 Å². The predicted octanol–water partition coefficient (Wildman–Crippen LogP) is 3.57. The van der Waals surface area contributed by atoms with Gasteiger partial charge in [0.2, 0.25) is 0 Å². The van der Waals surface area contributed by atoms with Gasteiger partial charge in [0.05, 0.1) is 6.26 Å². The van der Waals surface area contributed by atoms with Gasteiger partial charge < -0.3 is 9.32 Å². The lowest BCUT2D eigenvalue weighted by molar-refractivity contribution is -0.124. The number of hydrogen-bond donors (Lipinski definition) is 0. The standard InChI is InChI=1S/C17H20N2O2S/c1-18-15(11-5-9-14-10-6-12-21-14)16(20)19(17(18)22)13-7-3-2-4-8-13/h5-6,9-13H,2-4,7-8H2,1H3/b9-5+,15-11-. The van der Waals surface area contributed by atoms with Crippen LogP contribution in [0, 0.1) is 0 Å². The Labute approximate surface area is 136 Å². The van der Waals surface area contributed by atoms with Crippen molar-refractivity contribution in [3.63, 3.8) is 0 Å². The number of furan rings is 1. The third kappa shape index (κ3) is 2.86. The van der Waals surface area contributed by atoms with Crippen molar-refractivity contribution >= 4 is 29.3 Å². The summed E-state index contributed by atoms with van der Waals surface area (Å²) in [7, 11) is 1.86. The van der Waals surface area contributed by atoms with Crippen LogP contribution in [0.25, 0.3) is 6.08 Å². The zero-order chi connectivity index (χ0) is 15.5. The van der Waals surface area contributed by atoms with Crippen LogP contribution in [0.3, 0.4) is 0 Å². The summed E-state index contributed by atoms with van der Waals surface area (Å²) >= 11 is 5.48. The van der Waals surface area contributed by atoms with E-state index in [1.165, 1.54) is 19.3 Å². The van der Waals surface area contributed by atoms with Gasteiger partial charge in [-0.2, -0.15) is 0 Å². The Bertz CT molecular complexity index is 613. The van der Waals surface area contributed by atoms with E-state index >= 15 is 0 Å². The maximum atomic E-state index is 12.7. The van der Waals surface area contributed by atoms with E-state index in [1.54, 1.807) is 22.1 Å². The molecule has 22 heavy (non-hydrogen) atoms. The topological polar surface area (TPSA) is 36.7 Å². The molecule has 0 N–H and O–H groups in total. The Balaban J connectivity index is 1.77. The number of hydrogen-bond acceptors (Lipinski definition) is 3. The van der Waals surface area contributed by atoms with Crippen molar-refractivity contribution < 1.29 is 9.21 Å². The number of carbonyl (C=O) groups excluding carboxylic acids is 1. The average Bonchev–Trinajstić information content (AvgIpc) is 3.11. The van der Waals surface area contributed by atoms with Crippen LogP contribution >= 0.6 is 12.2 Å². The number of likely N-dealkylation sites (N-methyl/N-ethyl adjacent to an activating group) is 1. The van der Waals surface area contributed by atoms with E-state index in [9.17, 15) is 4.79 Å². The molecule has 0 spiro atoms. The molecule has 0 bridgehead atoms. The summed E-state index contributed by atoms with van der Waals surface area (Å²) in [6.45, 7) is 0. The van der Waals surface area contributed by atoms with Crippen LogP contribution in [0.1, 0.15) is 37.9 Å². The van der Waals surface area contributed by atoms with Gasteiger partial charge in [-0.05, 0) is 49.3 Å². The molecule has 1 aliphatic heterocycles. The molecule has 0 atom stereocenters. The van der Waals surface area contributed by atoms with Crippen molar-refractivity contribution in [3.05, 3.63) is 42.0 Å². The number of nitrogens with zero attached hydrogens (tertiary/aromatic N) is 2. The molecule has 116 valence electrons. The molecule has 1 saturated carbocycles. The Morgan fingerprint density at radius 2 is 2.09 bits per heavy atom. The molecule has 5 heteroatoms. The van der Waals surface area contributed by atoms with Gasteiger partial charge in [0.1, 0.15) is 11.5 Å². The molecule has 1 aromatic heterocycles. The third-order valence-corrected chi connectivity index (χ3v) is 4.76. The molecule has 4 nitrogen and oxygen atoms in total. The zero-order valence-electron chi connectivity index (χ0n) is 12.7. The Kier molecular flexibility index (Phi) is 4.43. The monoisotopic (exact) mass is 316 g/mol. The minimum Gasteiger partial charge on any atom is -0.465 e. The van der Waals surface area contributed by atoms with Gasteiger partial charge in [0.15, 0.2) is 5.11 Å². The number of carbonyl (C=O) groups is 1. The van der Waals surface area contributed by atoms with Gasteiger partial charge in [-0.25, -0.2) is 0 Å². The van der Waals surface area contributed by atoms with Gasteiger partial charge >= 0.3 is 0 Å². The van der Waals surface area contributed by atoms with E-state index in [0.29, 0.717) is 10.8 Å². The van der Waals surface area contributed by atoms with Gasteiger partial charge in [-0.15, -0.1) is 0 Å². The fraction of sp³-hybridized carbons (Fsp3) is 0.412. The smallest absolute Gasteiger partial charge is 0.276 e. The molecule has 0 radical (unpaired) electrons. The Morgan fingerprint density at radius 1 is 1.32 bits per heavy atom. The molecule has 2 fully saturated rings. The lowest BCUT2D eigenvalue weighted by Crippen LogP contribution is -2.41. The number of allylic oxidation sites excluding steroid dienone is 2. The maximum Gasteiger partial charge on any atom is 0.276 e. The fourth-order valence-corrected chi connectivity index (χ4v) is 3.41. The van der Waals surface area contributed by atoms with E-state index in [1.807, 2.05) is 31.3 Å². The molecule has 1 aliphatic carbocycles. The van der Waals surface area contributed by atoms with Crippen LogP contribution in [0.4, 0.5) is 0 Å². The van der Waals surface area contributed by atoms with E-state index in [0.717, 1.165) is 18.6 Å². The second-order valence-corrected chi connectivity index (χ2v) is 6.10. The highest BCUT2D eigenvalue weighted by molar-refractivity contribution is 7.80. The Morgan fingerprint density at radius 3 is 2.77 bits per heavy atom. The summed E-state index contributed by atoms with van der Waals surface area (Å²) in [4.78, 5) is 16.3. The normalized spacial score (nSPS) is 22.5. The molecule has 1 amide bonds. The molecular weight excluding hydrogens is 296 g/mol. The van der Waals surface area contributed by atoms with Crippen LogP contribution in [-0.2, 0) is 4.79 Å². The molecule has 0 unspecified atom stereocenters. The van der Waals surface area contributed by atoms with Crippen LogP contribution in [0.5, 0.6) is 0 Å². The zero-order valence-corrected chi connectivity index (χ0v) is 13.5. The lowest BCUT2D eigenvalue weighted by atomic mass is 9.94. The van der Waals surface area contributed by atoms with Gasteiger partial charge in [-0.1, -0.05) is 25.3 Å². The first-order valence-electron chi connectivity index (χ1n) is 7.71. The maximum absolute atomic E-state index is 12.7. The van der Waals surface area contributed by atoms with Crippen molar-refractivity contribution in [1.29, 1.82) is 0 Å². The second kappa shape index (κ2) is 6.48. The first-order valence-corrected chi connectivity index (χ1v) is 8.12. The largest absolute Gasteiger partial charge is 0.465 e. The van der Waals surface area contributed by atoms with E-state index in [4.69, 9.17) is 16.6 Å². The molecule has 3 rings (SSSR count). The fourth-order valence-electron chi connectivity index (χ4n) is 3.08. The van der Waals surface area contributed by atoms with Crippen LogP contribution in [0.15, 0.2) is 40.7 Å². The molecule has 1 aromatic rings. The summed E-state index contributed by atoms with van der Waals surface area (Å²) in [5, 5.41) is 0.620. The van der Waals surface area contributed by atoms with Crippen molar-refractivity contribution in [2.24, 2.45) is 0 Å². The minimum absolute atomic E-state index is 0.0171. The number of rotatable bonds is 3. The van der Waals surface area contributed by atoms with Crippen molar-refractivity contribution in [3.8, 4) is 0 Å². The average molecular weight is 316 g/mol. The highest BCUT2D eigenvalue weighted by Gasteiger charge is 2.39. The van der Waals surface area contributed by atoms with Crippen LogP contribution < -0.4 is 0 Å². The van der Waals surface area contributed by atoms with E-state index < -0.39 is 0 Å². The lowest BCUT2D eigenvalue weighted by Gasteiger charge is -2.30. The highest BCUT2D eigenvalue weighted by atomic mass is 32.1. The first-order chi connectivity index (χ1) is 10.7. The molecular formula is C17H20N2O2S. The SMILES string of the molecule is CN1C(=S)N(C2CCCCC2)C(=O)/C1=C/C=C/c1ccco1. The first kappa shape index (κ1) is 15.0. The third-order valence-electron chi connectivity index (χ3n) is 4.29.